The normalized spacial score (nSPS) is 19.0. The highest BCUT2D eigenvalue weighted by molar-refractivity contribution is 8.15. The Bertz CT molecular complexity index is 973. The second kappa shape index (κ2) is 7.17. The number of hydrogen-bond donors (Lipinski definition) is 1. The van der Waals surface area contributed by atoms with E-state index in [-0.39, 0.29) is 11.8 Å². The van der Waals surface area contributed by atoms with Crippen LogP contribution in [0.4, 0.5) is 5.82 Å². The number of fused-ring (bicyclic) bond motifs is 1. The number of rotatable bonds is 3. The number of amidine groups is 1. The van der Waals surface area contributed by atoms with Crippen LogP contribution in [0.15, 0.2) is 64.9 Å². The molecule has 1 N–H and O–H groups in total. The molecule has 136 valence electrons. The van der Waals surface area contributed by atoms with E-state index in [1.54, 1.807) is 48.4 Å². The van der Waals surface area contributed by atoms with Gasteiger partial charge in [0.1, 0.15) is 5.82 Å². The lowest BCUT2D eigenvalue weighted by atomic mass is 9.94. The third-order valence-corrected chi connectivity index (χ3v) is 5.51. The molecule has 0 saturated carbocycles. The number of anilines is 1. The summed E-state index contributed by atoms with van der Waals surface area (Å²) in [5.41, 5.74) is 1.80. The summed E-state index contributed by atoms with van der Waals surface area (Å²) in [5.74, 6) is 0.341. The lowest BCUT2D eigenvalue weighted by molar-refractivity contribution is -0.125. The first-order chi connectivity index (χ1) is 13.0. The van der Waals surface area contributed by atoms with Crippen molar-refractivity contribution in [1.29, 1.82) is 0 Å². The number of carbonyl (C=O) groups excluding carboxylic acids is 2. The summed E-state index contributed by atoms with van der Waals surface area (Å²) in [5, 5.41) is 4.01. The van der Waals surface area contributed by atoms with E-state index < -0.39 is 6.04 Å². The number of pyridine rings is 1. The number of thioether (sulfide) groups is 1. The van der Waals surface area contributed by atoms with Crippen molar-refractivity contribution in [2.24, 2.45) is 4.99 Å². The highest BCUT2D eigenvalue weighted by Gasteiger charge is 2.42. The number of amides is 2. The zero-order valence-electron chi connectivity index (χ0n) is 14.3. The van der Waals surface area contributed by atoms with Gasteiger partial charge in [-0.1, -0.05) is 41.6 Å². The number of hydrogen-bond acceptors (Lipinski definition) is 5. The molecule has 2 amide bonds. The van der Waals surface area contributed by atoms with Crippen molar-refractivity contribution in [2.45, 2.75) is 13.0 Å². The van der Waals surface area contributed by atoms with Crippen LogP contribution in [-0.4, -0.2) is 32.6 Å². The molecule has 6 nitrogen and oxygen atoms in total. The molecule has 1 unspecified atom stereocenters. The fourth-order valence-electron chi connectivity index (χ4n) is 3.11. The van der Waals surface area contributed by atoms with Crippen LogP contribution in [0, 0.1) is 0 Å². The summed E-state index contributed by atoms with van der Waals surface area (Å²) in [6.45, 7) is 1.78. The maximum atomic E-state index is 13.1. The number of aromatic nitrogens is 1. The third-order valence-electron chi connectivity index (χ3n) is 4.32. The number of aliphatic imine (C=N–C) groups is 1. The second-order valence-electron chi connectivity index (χ2n) is 6.07. The first-order valence-corrected chi connectivity index (χ1v) is 9.63. The lowest BCUT2D eigenvalue weighted by Gasteiger charge is -2.33. The van der Waals surface area contributed by atoms with Crippen molar-refractivity contribution in [3.63, 3.8) is 0 Å². The van der Waals surface area contributed by atoms with Gasteiger partial charge in [0.2, 0.25) is 5.91 Å². The Morgan fingerprint density at radius 3 is 2.74 bits per heavy atom. The molecule has 1 atom stereocenters. The molecule has 0 aliphatic carbocycles. The molecule has 0 bridgehead atoms. The quantitative estimate of drug-likeness (QED) is 0.856. The van der Waals surface area contributed by atoms with Gasteiger partial charge in [0.25, 0.3) is 5.91 Å². The molecular formula is C19H15ClN4O2S. The minimum absolute atomic E-state index is 0.0747. The van der Waals surface area contributed by atoms with E-state index in [0.29, 0.717) is 33.0 Å². The highest BCUT2D eigenvalue weighted by atomic mass is 35.5. The minimum Gasteiger partial charge on any atom is -0.307 e. The highest BCUT2D eigenvalue weighted by Crippen LogP contribution is 2.41. The van der Waals surface area contributed by atoms with Gasteiger partial charge in [-0.05, 0) is 36.8 Å². The zero-order valence-corrected chi connectivity index (χ0v) is 15.9. The molecule has 1 saturated heterocycles. The summed E-state index contributed by atoms with van der Waals surface area (Å²) in [7, 11) is 0. The summed E-state index contributed by atoms with van der Waals surface area (Å²) in [6, 6.07) is 11.9. The van der Waals surface area contributed by atoms with Crippen molar-refractivity contribution in [3.8, 4) is 0 Å². The Kier molecular flexibility index (Phi) is 4.72. The molecule has 1 fully saturated rings. The Morgan fingerprint density at radius 1 is 1.26 bits per heavy atom. The number of halogens is 1. The molecular weight excluding hydrogens is 384 g/mol. The monoisotopic (exact) mass is 398 g/mol. The molecule has 0 spiro atoms. The van der Waals surface area contributed by atoms with Crippen LogP contribution in [0.1, 0.15) is 18.5 Å². The number of nitrogens with zero attached hydrogens (tertiary/aromatic N) is 3. The van der Waals surface area contributed by atoms with Crippen LogP contribution in [0.2, 0.25) is 5.02 Å². The average Bonchev–Trinajstić information content (AvgIpc) is 3.02. The standard InChI is InChI=1S/C19H15ClN4O2S/c1-11-16(18(26)23-14-4-2-3-9-21-14)17(12-5-7-13(20)8-6-12)24-15(25)10-27-19(24)22-11/h2-9,17H,10H2,1H3,(H,21,23,26). The Hall–Kier alpha value is -2.64. The molecule has 2 aliphatic heterocycles. The van der Waals surface area contributed by atoms with Gasteiger partial charge in [0.05, 0.1) is 23.1 Å². The minimum atomic E-state index is -0.555. The Balaban J connectivity index is 1.78. The Morgan fingerprint density at radius 2 is 2.04 bits per heavy atom. The smallest absolute Gasteiger partial charge is 0.257 e. The average molecular weight is 399 g/mol. The van der Waals surface area contributed by atoms with E-state index >= 15 is 0 Å². The van der Waals surface area contributed by atoms with Crippen molar-refractivity contribution >= 4 is 46.2 Å². The van der Waals surface area contributed by atoms with E-state index in [0.717, 1.165) is 5.56 Å². The van der Waals surface area contributed by atoms with E-state index in [9.17, 15) is 9.59 Å². The van der Waals surface area contributed by atoms with Crippen LogP contribution in [0.3, 0.4) is 0 Å². The van der Waals surface area contributed by atoms with Gasteiger partial charge in [-0.15, -0.1) is 0 Å². The third kappa shape index (κ3) is 3.36. The zero-order chi connectivity index (χ0) is 19.0. The second-order valence-corrected chi connectivity index (χ2v) is 7.45. The molecule has 1 aromatic carbocycles. The lowest BCUT2D eigenvalue weighted by Crippen LogP contribution is -2.40. The SMILES string of the molecule is CC1=C(C(=O)Nc2ccccn2)C(c2ccc(Cl)cc2)N2C(=O)CSC2=N1. The van der Waals surface area contributed by atoms with E-state index in [1.807, 2.05) is 12.1 Å². The fraction of sp³-hybridized carbons (Fsp3) is 0.158. The van der Waals surface area contributed by atoms with Crippen molar-refractivity contribution < 1.29 is 9.59 Å². The van der Waals surface area contributed by atoms with E-state index in [1.165, 1.54) is 11.8 Å². The van der Waals surface area contributed by atoms with Gasteiger partial charge in [-0.3, -0.25) is 14.5 Å². The molecule has 2 aromatic rings. The maximum Gasteiger partial charge on any atom is 0.257 e. The van der Waals surface area contributed by atoms with Crippen LogP contribution in [0.25, 0.3) is 0 Å². The van der Waals surface area contributed by atoms with Crippen molar-refractivity contribution in [3.05, 3.63) is 70.5 Å². The van der Waals surface area contributed by atoms with Gasteiger partial charge >= 0.3 is 0 Å². The predicted molar refractivity (Wildman–Crippen MR) is 106 cm³/mol. The molecule has 2 aliphatic rings. The van der Waals surface area contributed by atoms with Crippen molar-refractivity contribution in [2.75, 3.05) is 11.1 Å². The summed E-state index contributed by atoms with van der Waals surface area (Å²) in [6.07, 6.45) is 1.60. The fourth-order valence-corrected chi connectivity index (χ4v) is 4.18. The largest absolute Gasteiger partial charge is 0.307 e. The van der Waals surface area contributed by atoms with Crippen LogP contribution in [-0.2, 0) is 9.59 Å². The molecule has 3 heterocycles. The molecule has 27 heavy (non-hydrogen) atoms. The topological polar surface area (TPSA) is 74.7 Å². The van der Waals surface area contributed by atoms with Gasteiger partial charge in [-0.25, -0.2) is 9.98 Å². The van der Waals surface area contributed by atoms with Gasteiger partial charge in [0, 0.05) is 11.2 Å². The van der Waals surface area contributed by atoms with Crippen LogP contribution < -0.4 is 5.32 Å². The van der Waals surface area contributed by atoms with Crippen LogP contribution in [0.5, 0.6) is 0 Å². The maximum absolute atomic E-state index is 13.1. The van der Waals surface area contributed by atoms with Gasteiger partial charge < -0.3 is 5.32 Å². The number of carbonyl (C=O) groups is 2. The number of nitrogens with one attached hydrogen (secondary N) is 1. The summed E-state index contributed by atoms with van der Waals surface area (Å²) < 4.78 is 0. The number of allylic oxidation sites excluding steroid dienone is 1. The molecule has 8 heteroatoms. The first-order valence-electron chi connectivity index (χ1n) is 8.27. The van der Waals surface area contributed by atoms with Crippen molar-refractivity contribution in [1.82, 2.24) is 9.88 Å². The van der Waals surface area contributed by atoms with Gasteiger partial charge in [-0.2, -0.15) is 0 Å². The van der Waals surface area contributed by atoms with E-state index in [4.69, 9.17) is 11.6 Å². The molecule has 1 aromatic heterocycles. The molecule has 4 rings (SSSR count). The number of benzene rings is 1. The predicted octanol–water partition coefficient (Wildman–Crippen LogP) is 3.63. The first kappa shape index (κ1) is 17.8. The Labute approximate surface area is 165 Å². The summed E-state index contributed by atoms with van der Waals surface area (Å²) in [4.78, 5) is 35.8. The molecule has 0 radical (unpaired) electrons. The summed E-state index contributed by atoms with van der Waals surface area (Å²) >= 11 is 7.40. The van der Waals surface area contributed by atoms with Gasteiger partial charge in [0.15, 0.2) is 5.17 Å². The van der Waals surface area contributed by atoms with E-state index in [2.05, 4.69) is 15.3 Å². The van der Waals surface area contributed by atoms with Crippen LogP contribution >= 0.6 is 23.4 Å².